The fourth-order valence-corrected chi connectivity index (χ4v) is 4.48. The van der Waals surface area contributed by atoms with Gasteiger partial charge < -0.3 is 20.8 Å². The Balaban J connectivity index is 1.74. The molecule has 3 rings (SSSR count). The third-order valence-corrected chi connectivity index (χ3v) is 5.65. The second-order valence-corrected chi connectivity index (χ2v) is 7.69. The Labute approximate surface area is 154 Å². The average molecular weight is 375 g/mol. The summed E-state index contributed by atoms with van der Waals surface area (Å²) in [7, 11) is 0. The smallest absolute Gasteiger partial charge is 0.287 e. The highest BCUT2D eigenvalue weighted by atomic mass is 32.1. The molecular weight excluding hydrogens is 354 g/mol. The minimum atomic E-state index is -0.800. The number of amides is 3. The van der Waals surface area contributed by atoms with Crippen molar-refractivity contribution in [3.05, 3.63) is 40.2 Å². The van der Waals surface area contributed by atoms with Crippen molar-refractivity contribution in [2.75, 3.05) is 5.32 Å². The van der Waals surface area contributed by atoms with Gasteiger partial charge in [0, 0.05) is 4.88 Å². The maximum Gasteiger partial charge on any atom is 0.287 e. The van der Waals surface area contributed by atoms with Crippen LogP contribution in [0.1, 0.15) is 51.6 Å². The summed E-state index contributed by atoms with van der Waals surface area (Å²) in [6.45, 7) is 3.73. The number of anilines is 1. The molecule has 0 bridgehead atoms. The number of hydrogen-bond donors (Lipinski definition) is 3. The van der Waals surface area contributed by atoms with E-state index in [2.05, 4.69) is 17.6 Å². The van der Waals surface area contributed by atoms with Crippen molar-refractivity contribution in [2.45, 2.75) is 39.2 Å². The van der Waals surface area contributed by atoms with Crippen LogP contribution >= 0.6 is 11.3 Å². The molecule has 0 aliphatic heterocycles. The Morgan fingerprint density at radius 2 is 2.15 bits per heavy atom. The first kappa shape index (κ1) is 18.2. The second kappa shape index (κ2) is 7.33. The van der Waals surface area contributed by atoms with Gasteiger partial charge in [-0.05, 0) is 49.8 Å². The van der Waals surface area contributed by atoms with Gasteiger partial charge in [0.1, 0.15) is 11.0 Å². The molecule has 7 nitrogen and oxygen atoms in total. The number of hydrogen-bond acceptors (Lipinski definition) is 5. The summed E-state index contributed by atoms with van der Waals surface area (Å²) in [5.74, 6) is -0.772. The summed E-state index contributed by atoms with van der Waals surface area (Å²) < 4.78 is 5.01. The van der Waals surface area contributed by atoms with Gasteiger partial charge in [-0.15, -0.1) is 11.3 Å². The molecule has 3 amide bonds. The van der Waals surface area contributed by atoms with Gasteiger partial charge in [-0.1, -0.05) is 6.92 Å². The van der Waals surface area contributed by atoms with Crippen LogP contribution in [0.4, 0.5) is 5.00 Å². The van der Waals surface area contributed by atoms with Crippen molar-refractivity contribution in [1.82, 2.24) is 5.32 Å². The number of primary amides is 1. The molecule has 2 aromatic rings. The third-order valence-electron chi connectivity index (χ3n) is 4.48. The summed E-state index contributed by atoms with van der Waals surface area (Å²) in [4.78, 5) is 37.5. The first-order chi connectivity index (χ1) is 12.4. The van der Waals surface area contributed by atoms with Gasteiger partial charge in [0.05, 0.1) is 11.8 Å². The van der Waals surface area contributed by atoms with Crippen LogP contribution in [0.2, 0.25) is 0 Å². The van der Waals surface area contributed by atoms with E-state index in [1.165, 1.54) is 23.7 Å². The van der Waals surface area contributed by atoms with E-state index in [-0.39, 0.29) is 5.76 Å². The first-order valence-electron chi connectivity index (χ1n) is 8.46. The molecule has 4 N–H and O–H groups in total. The molecule has 138 valence electrons. The molecule has 2 aromatic heterocycles. The van der Waals surface area contributed by atoms with Crippen LogP contribution in [0.3, 0.4) is 0 Å². The van der Waals surface area contributed by atoms with E-state index >= 15 is 0 Å². The molecule has 0 unspecified atom stereocenters. The number of carbonyl (C=O) groups is 3. The molecule has 0 spiro atoms. The molecule has 1 aliphatic carbocycles. The Hall–Kier alpha value is -2.61. The lowest BCUT2D eigenvalue weighted by Crippen LogP contribution is -2.41. The largest absolute Gasteiger partial charge is 0.459 e. The van der Waals surface area contributed by atoms with Gasteiger partial charge in [0.25, 0.3) is 11.8 Å². The number of nitrogens with two attached hydrogens (primary N) is 1. The topological polar surface area (TPSA) is 114 Å². The molecular formula is C18H21N3O4S. The SMILES string of the molecule is C[C@H]1CCc2c(sc(NC(=O)[C@@H](C)NC(=O)c3ccco3)c2C(N)=O)C1. The van der Waals surface area contributed by atoms with Gasteiger partial charge in [0.2, 0.25) is 5.91 Å². The van der Waals surface area contributed by atoms with Crippen LogP contribution in [-0.2, 0) is 17.6 Å². The molecule has 2 heterocycles. The van der Waals surface area contributed by atoms with E-state index in [4.69, 9.17) is 10.2 Å². The van der Waals surface area contributed by atoms with Crippen molar-refractivity contribution in [3.8, 4) is 0 Å². The van der Waals surface area contributed by atoms with E-state index < -0.39 is 23.8 Å². The molecule has 0 saturated heterocycles. The lowest BCUT2D eigenvalue weighted by Gasteiger charge is -2.18. The van der Waals surface area contributed by atoms with Gasteiger partial charge in [-0.25, -0.2) is 0 Å². The van der Waals surface area contributed by atoms with E-state index in [0.29, 0.717) is 16.5 Å². The molecule has 0 aromatic carbocycles. The van der Waals surface area contributed by atoms with E-state index in [0.717, 1.165) is 29.7 Å². The number of thiophene rings is 1. The van der Waals surface area contributed by atoms with Crippen LogP contribution in [0, 0.1) is 5.92 Å². The van der Waals surface area contributed by atoms with Crippen LogP contribution in [0.25, 0.3) is 0 Å². The summed E-state index contributed by atoms with van der Waals surface area (Å²) >= 11 is 1.39. The van der Waals surface area contributed by atoms with Crippen molar-refractivity contribution in [2.24, 2.45) is 11.7 Å². The highest BCUT2D eigenvalue weighted by Crippen LogP contribution is 2.39. The van der Waals surface area contributed by atoms with Crippen LogP contribution in [-0.4, -0.2) is 23.8 Å². The van der Waals surface area contributed by atoms with Crippen LogP contribution in [0.5, 0.6) is 0 Å². The third kappa shape index (κ3) is 3.65. The van der Waals surface area contributed by atoms with Gasteiger partial charge in [-0.2, -0.15) is 0 Å². The van der Waals surface area contributed by atoms with Crippen molar-refractivity contribution >= 4 is 34.1 Å². The van der Waals surface area contributed by atoms with E-state index in [1.54, 1.807) is 13.0 Å². The van der Waals surface area contributed by atoms with E-state index in [9.17, 15) is 14.4 Å². The molecule has 2 atom stereocenters. The van der Waals surface area contributed by atoms with Crippen molar-refractivity contribution in [3.63, 3.8) is 0 Å². The summed E-state index contributed by atoms with van der Waals surface area (Å²) in [6, 6.07) is 2.31. The number of carbonyl (C=O) groups excluding carboxylic acids is 3. The monoisotopic (exact) mass is 375 g/mol. The van der Waals surface area contributed by atoms with Crippen molar-refractivity contribution < 1.29 is 18.8 Å². The molecule has 8 heteroatoms. The van der Waals surface area contributed by atoms with Crippen LogP contribution in [0.15, 0.2) is 22.8 Å². The Bertz CT molecular complexity index is 841. The molecule has 0 fully saturated rings. The standard InChI is InChI=1S/C18H21N3O4S/c1-9-5-6-11-13(8-9)26-18(14(11)15(19)22)21-16(23)10(2)20-17(24)12-4-3-7-25-12/h3-4,7,9-10H,5-6,8H2,1-2H3,(H2,19,22)(H,20,24)(H,21,23)/t9-,10+/m0/s1. The number of nitrogens with one attached hydrogen (secondary N) is 2. The zero-order chi connectivity index (χ0) is 18.8. The fraction of sp³-hybridized carbons (Fsp3) is 0.389. The highest BCUT2D eigenvalue weighted by Gasteiger charge is 2.28. The number of rotatable bonds is 5. The molecule has 0 radical (unpaired) electrons. The summed E-state index contributed by atoms with van der Waals surface area (Å²) in [5, 5.41) is 5.77. The Morgan fingerprint density at radius 3 is 2.81 bits per heavy atom. The normalized spacial score (nSPS) is 17.2. The average Bonchev–Trinajstić information content (AvgIpc) is 3.21. The number of furan rings is 1. The van der Waals surface area contributed by atoms with Gasteiger partial charge >= 0.3 is 0 Å². The van der Waals surface area contributed by atoms with E-state index in [1.807, 2.05) is 0 Å². The lowest BCUT2D eigenvalue weighted by molar-refractivity contribution is -0.117. The minimum absolute atomic E-state index is 0.128. The lowest BCUT2D eigenvalue weighted by atomic mass is 9.88. The maximum absolute atomic E-state index is 12.5. The zero-order valence-corrected chi connectivity index (χ0v) is 15.4. The molecule has 1 aliphatic rings. The Morgan fingerprint density at radius 1 is 1.38 bits per heavy atom. The minimum Gasteiger partial charge on any atom is -0.459 e. The van der Waals surface area contributed by atoms with Gasteiger partial charge in [0.15, 0.2) is 5.76 Å². The molecule has 0 saturated carbocycles. The molecule has 26 heavy (non-hydrogen) atoms. The van der Waals surface area contributed by atoms with Crippen molar-refractivity contribution in [1.29, 1.82) is 0 Å². The number of fused-ring (bicyclic) bond motifs is 1. The summed E-state index contributed by atoms with van der Waals surface area (Å²) in [5.41, 5.74) is 6.89. The predicted octanol–water partition coefficient (Wildman–Crippen LogP) is 2.32. The predicted molar refractivity (Wildman–Crippen MR) is 98.3 cm³/mol. The Kier molecular flexibility index (Phi) is 5.13. The second-order valence-electron chi connectivity index (χ2n) is 6.58. The van der Waals surface area contributed by atoms with Crippen LogP contribution < -0.4 is 16.4 Å². The summed E-state index contributed by atoms with van der Waals surface area (Å²) in [6.07, 6.45) is 4.04. The maximum atomic E-state index is 12.5. The first-order valence-corrected chi connectivity index (χ1v) is 9.28. The quantitative estimate of drug-likeness (QED) is 0.744. The highest BCUT2D eigenvalue weighted by molar-refractivity contribution is 7.17. The zero-order valence-electron chi connectivity index (χ0n) is 14.6. The fourth-order valence-electron chi connectivity index (χ4n) is 3.06. The van der Waals surface area contributed by atoms with Gasteiger partial charge in [-0.3, -0.25) is 14.4 Å².